The first kappa shape index (κ1) is 19.4. The number of aliphatic imine (C=N–C) groups is 1. The maximum absolute atomic E-state index is 14.1. The lowest BCUT2D eigenvalue weighted by Crippen LogP contribution is -2.33. The fourth-order valence-corrected chi connectivity index (χ4v) is 3.18. The molecule has 1 atom stereocenters. The van der Waals surface area contributed by atoms with Crippen molar-refractivity contribution in [2.24, 2.45) is 10.7 Å². The van der Waals surface area contributed by atoms with E-state index in [9.17, 15) is 13.2 Å². The van der Waals surface area contributed by atoms with Gasteiger partial charge in [0.15, 0.2) is 0 Å². The molecule has 0 amide bonds. The van der Waals surface area contributed by atoms with Crippen LogP contribution < -0.4 is 10.6 Å². The van der Waals surface area contributed by atoms with Crippen LogP contribution in [0.5, 0.6) is 0 Å². The predicted octanol–water partition coefficient (Wildman–Crippen LogP) is 4.58. The van der Waals surface area contributed by atoms with E-state index >= 15 is 0 Å². The average Bonchev–Trinajstić information content (AvgIpc) is 2.63. The highest BCUT2D eigenvalue weighted by atomic mass is 79.9. The zero-order valence-corrected chi connectivity index (χ0v) is 16.0. The highest BCUT2D eigenvalue weighted by Crippen LogP contribution is 2.30. The van der Waals surface area contributed by atoms with Crippen molar-refractivity contribution in [1.82, 2.24) is 0 Å². The Bertz CT molecular complexity index is 897. The Morgan fingerprint density at radius 1 is 1.15 bits per heavy atom. The Kier molecular flexibility index (Phi) is 5.86. The summed E-state index contributed by atoms with van der Waals surface area (Å²) in [6.45, 7) is 2.00. The first-order valence-electron chi connectivity index (χ1n) is 8.18. The van der Waals surface area contributed by atoms with E-state index in [1.54, 1.807) is 13.0 Å². The predicted molar refractivity (Wildman–Crippen MR) is 102 cm³/mol. The van der Waals surface area contributed by atoms with E-state index in [-0.39, 0.29) is 30.6 Å². The average molecular weight is 440 g/mol. The number of halogens is 4. The summed E-state index contributed by atoms with van der Waals surface area (Å²) in [5.41, 5.74) is 6.82. The standard InChI is InChI=1S/C19H17BrF3N3O/c1-11-25-19(27-10-12-5-6-14(21)7-13(12)8-24)15(20)9-26(11)18-16(22)3-2-4-17(18)23/h2-7,9,11H,8,10,24H2,1H3. The molecule has 1 aliphatic rings. The third-order valence-electron chi connectivity index (χ3n) is 4.11. The number of hydrogen-bond acceptors (Lipinski definition) is 4. The van der Waals surface area contributed by atoms with Gasteiger partial charge >= 0.3 is 0 Å². The number of hydrogen-bond donors (Lipinski definition) is 1. The van der Waals surface area contributed by atoms with Gasteiger partial charge in [0.25, 0.3) is 0 Å². The monoisotopic (exact) mass is 439 g/mol. The Morgan fingerprint density at radius 3 is 2.52 bits per heavy atom. The van der Waals surface area contributed by atoms with Gasteiger partial charge in [0.1, 0.15) is 35.9 Å². The molecule has 142 valence electrons. The number of nitrogens with two attached hydrogens (primary N) is 1. The van der Waals surface area contributed by atoms with Gasteiger partial charge in [0, 0.05) is 12.7 Å². The van der Waals surface area contributed by atoms with Crippen molar-refractivity contribution in [3.63, 3.8) is 0 Å². The molecule has 8 heteroatoms. The second-order valence-corrected chi connectivity index (χ2v) is 6.78. The molecule has 0 aromatic heterocycles. The zero-order valence-electron chi connectivity index (χ0n) is 14.4. The van der Waals surface area contributed by atoms with Gasteiger partial charge in [-0.05, 0) is 58.2 Å². The molecule has 0 saturated carbocycles. The third-order valence-corrected chi connectivity index (χ3v) is 4.66. The van der Waals surface area contributed by atoms with Crippen molar-refractivity contribution in [2.75, 3.05) is 4.90 Å². The van der Waals surface area contributed by atoms with Crippen LogP contribution in [-0.2, 0) is 17.9 Å². The van der Waals surface area contributed by atoms with Gasteiger partial charge in [-0.2, -0.15) is 0 Å². The van der Waals surface area contributed by atoms with Crippen molar-refractivity contribution in [1.29, 1.82) is 0 Å². The molecule has 0 spiro atoms. The van der Waals surface area contributed by atoms with Crippen molar-refractivity contribution < 1.29 is 17.9 Å². The summed E-state index contributed by atoms with van der Waals surface area (Å²) < 4.78 is 47.6. The van der Waals surface area contributed by atoms with Gasteiger partial charge in [0.2, 0.25) is 5.90 Å². The fourth-order valence-electron chi connectivity index (χ4n) is 2.74. The first-order chi connectivity index (χ1) is 12.9. The van der Waals surface area contributed by atoms with Crippen LogP contribution in [0.2, 0.25) is 0 Å². The minimum absolute atomic E-state index is 0.134. The van der Waals surface area contributed by atoms with E-state index in [1.165, 1.54) is 41.4 Å². The van der Waals surface area contributed by atoms with Gasteiger partial charge < -0.3 is 15.4 Å². The van der Waals surface area contributed by atoms with Gasteiger partial charge in [-0.25, -0.2) is 18.2 Å². The molecule has 0 aliphatic carbocycles. The van der Waals surface area contributed by atoms with E-state index in [2.05, 4.69) is 20.9 Å². The van der Waals surface area contributed by atoms with Crippen LogP contribution in [0.25, 0.3) is 0 Å². The van der Waals surface area contributed by atoms with Crippen molar-refractivity contribution in [3.8, 4) is 0 Å². The van der Waals surface area contributed by atoms with Gasteiger partial charge in [0.05, 0.1) is 4.48 Å². The molecule has 2 N–H and O–H groups in total. The summed E-state index contributed by atoms with van der Waals surface area (Å²) in [6.07, 6.45) is 0.929. The summed E-state index contributed by atoms with van der Waals surface area (Å²) in [4.78, 5) is 5.74. The quantitative estimate of drug-likeness (QED) is 0.758. The second-order valence-electron chi connectivity index (χ2n) is 5.93. The molecule has 2 aromatic carbocycles. The lowest BCUT2D eigenvalue weighted by atomic mass is 10.1. The maximum atomic E-state index is 14.1. The fraction of sp³-hybridized carbons (Fsp3) is 0.211. The topological polar surface area (TPSA) is 50.9 Å². The molecule has 0 radical (unpaired) electrons. The Morgan fingerprint density at radius 2 is 1.85 bits per heavy atom. The largest absolute Gasteiger partial charge is 0.472 e. The summed E-state index contributed by atoms with van der Waals surface area (Å²) in [5.74, 6) is -1.46. The van der Waals surface area contributed by atoms with Crippen LogP contribution in [-0.4, -0.2) is 12.1 Å². The maximum Gasteiger partial charge on any atom is 0.227 e. The number of rotatable bonds is 4. The number of benzene rings is 2. The lowest BCUT2D eigenvalue weighted by Gasteiger charge is -2.30. The van der Waals surface area contributed by atoms with Gasteiger partial charge in [-0.1, -0.05) is 12.1 Å². The summed E-state index contributed by atoms with van der Waals surface area (Å²) >= 11 is 3.32. The van der Waals surface area contributed by atoms with E-state index < -0.39 is 17.8 Å². The number of nitrogens with zero attached hydrogens (tertiary/aromatic N) is 2. The summed E-state index contributed by atoms with van der Waals surface area (Å²) in [5, 5.41) is 0. The lowest BCUT2D eigenvalue weighted by molar-refractivity contribution is 0.289. The Balaban J connectivity index is 1.79. The van der Waals surface area contributed by atoms with E-state index in [4.69, 9.17) is 10.5 Å². The van der Waals surface area contributed by atoms with Crippen molar-refractivity contribution >= 4 is 27.5 Å². The Hall–Kier alpha value is -2.32. The van der Waals surface area contributed by atoms with Crippen LogP contribution in [0.15, 0.2) is 52.1 Å². The van der Waals surface area contributed by atoms with E-state index in [0.717, 1.165) is 5.56 Å². The molecule has 0 bridgehead atoms. The second kappa shape index (κ2) is 8.14. The van der Waals surface area contributed by atoms with Crippen LogP contribution in [0.3, 0.4) is 0 Å². The molecule has 2 aromatic rings. The van der Waals surface area contributed by atoms with Crippen LogP contribution in [0.4, 0.5) is 18.9 Å². The van der Waals surface area contributed by atoms with Crippen LogP contribution in [0, 0.1) is 17.5 Å². The van der Waals surface area contributed by atoms with E-state index in [1.807, 2.05) is 0 Å². The Labute approximate surface area is 163 Å². The molecular formula is C19H17BrF3N3O. The number of anilines is 1. The summed E-state index contributed by atoms with van der Waals surface area (Å²) in [6, 6.07) is 7.96. The molecule has 4 nitrogen and oxygen atoms in total. The SMILES string of the molecule is CC1N=C(OCc2ccc(F)cc2CN)C(Br)=CN1c1c(F)cccc1F. The molecule has 0 fully saturated rings. The summed E-state index contributed by atoms with van der Waals surface area (Å²) in [7, 11) is 0. The number of para-hydroxylation sites is 1. The van der Waals surface area contributed by atoms with Crippen molar-refractivity contribution in [3.05, 3.63) is 75.7 Å². The van der Waals surface area contributed by atoms with E-state index in [0.29, 0.717) is 10.0 Å². The molecule has 27 heavy (non-hydrogen) atoms. The first-order valence-corrected chi connectivity index (χ1v) is 8.98. The van der Waals surface area contributed by atoms with Gasteiger partial charge in [-0.15, -0.1) is 0 Å². The molecule has 1 unspecified atom stereocenters. The normalized spacial score (nSPS) is 16.8. The molecule has 1 heterocycles. The number of ether oxygens (including phenoxy) is 1. The molecule has 3 rings (SSSR count). The zero-order chi connectivity index (χ0) is 19.6. The minimum atomic E-state index is -0.683. The highest BCUT2D eigenvalue weighted by molar-refractivity contribution is 9.12. The molecule has 0 saturated heterocycles. The van der Waals surface area contributed by atoms with Crippen molar-refractivity contribution in [2.45, 2.75) is 26.2 Å². The molecular weight excluding hydrogens is 423 g/mol. The molecule has 1 aliphatic heterocycles. The highest BCUT2D eigenvalue weighted by Gasteiger charge is 2.26. The minimum Gasteiger partial charge on any atom is -0.472 e. The van der Waals surface area contributed by atoms with Crippen LogP contribution in [0.1, 0.15) is 18.1 Å². The smallest absolute Gasteiger partial charge is 0.227 e. The third kappa shape index (κ3) is 4.17. The van der Waals surface area contributed by atoms with Gasteiger partial charge in [-0.3, -0.25) is 0 Å². The van der Waals surface area contributed by atoms with Crippen LogP contribution >= 0.6 is 15.9 Å².